The van der Waals surface area contributed by atoms with E-state index in [1.807, 2.05) is 42.5 Å². The summed E-state index contributed by atoms with van der Waals surface area (Å²) in [5, 5.41) is 9.37. The molecule has 0 radical (unpaired) electrons. The minimum Gasteiger partial charge on any atom is -0.276 e. The van der Waals surface area contributed by atoms with E-state index in [-0.39, 0.29) is 11.9 Å². The Kier molecular flexibility index (Phi) is 5.34. The Balaban J connectivity index is 1.32. The number of para-hydroxylation sites is 1. The van der Waals surface area contributed by atoms with E-state index >= 15 is 0 Å². The van der Waals surface area contributed by atoms with Crippen molar-refractivity contribution in [2.24, 2.45) is 0 Å². The standard InChI is InChI=1S/C19H12BrClN4OS3/c20-11-7-5-10(6-8-11)16-15(21)17(26)25(16)18-24-23-14(29-18)9-27-19-22-12-3-1-2-4-13(12)28-19/h1-8,15-16H,9H2. The molecule has 0 spiro atoms. The molecule has 3 heterocycles. The van der Waals surface area contributed by atoms with Crippen molar-refractivity contribution in [3.8, 4) is 0 Å². The van der Waals surface area contributed by atoms with Crippen LogP contribution in [0.4, 0.5) is 5.13 Å². The zero-order chi connectivity index (χ0) is 20.0. The van der Waals surface area contributed by atoms with Crippen LogP contribution >= 0.6 is 62.0 Å². The molecule has 1 aliphatic heterocycles. The van der Waals surface area contributed by atoms with Gasteiger partial charge in [-0.05, 0) is 29.8 Å². The number of carbonyl (C=O) groups excluding carboxylic acids is 1. The number of anilines is 1. The first-order valence-electron chi connectivity index (χ1n) is 8.63. The second-order valence-electron chi connectivity index (χ2n) is 6.32. The number of benzene rings is 2. The van der Waals surface area contributed by atoms with E-state index < -0.39 is 5.38 Å². The molecule has 0 aliphatic carbocycles. The molecule has 0 N–H and O–H groups in total. The zero-order valence-electron chi connectivity index (χ0n) is 14.7. The molecule has 1 amide bonds. The van der Waals surface area contributed by atoms with Crippen molar-refractivity contribution in [3.05, 3.63) is 63.6 Å². The fourth-order valence-corrected chi connectivity index (χ4v) is 6.64. The van der Waals surface area contributed by atoms with E-state index in [0.717, 1.165) is 24.9 Å². The van der Waals surface area contributed by atoms with E-state index in [9.17, 15) is 4.79 Å². The molecule has 2 unspecified atom stereocenters. The predicted molar refractivity (Wildman–Crippen MR) is 123 cm³/mol. The van der Waals surface area contributed by atoms with Crippen LogP contribution in [0.2, 0.25) is 0 Å². The number of thiazole rings is 1. The maximum atomic E-state index is 12.4. The molecule has 1 aliphatic rings. The maximum Gasteiger partial charge on any atom is 0.250 e. The number of carbonyl (C=O) groups is 1. The highest BCUT2D eigenvalue weighted by Gasteiger charge is 2.49. The molecule has 2 aromatic heterocycles. The van der Waals surface area contributed by atoms with Gasteiger partial charge < -0.3 is 0 Å². The number of rotatable bonds is 5. The van der Waals surface area contributed by atoms with Crippen LogP contribution in [0.3, 0.4) is 0 Å². The third-order valence-electron chi connectivity index (χ3n) is 4.50. The molecule has 29 heavy (non-hydrogen) atoms. The van der Waals surface area contributed by atoms with Gasteiger partial charge in [-0.3, -0.25) is 9.69 Å². The molecule has 1 saturated heterocycles. The van der Waals surface area contributed by atoms with E-state index in [4.69, 9.17) is 11.6 Å². The highest BCUT2D eigenvalue weighted by atomic mass is 79.9. The molecular formula is C19H12BrClN4OS3. The molecular weight excluding hydrogens is 512 g/mol. The number of hydrogen-bond donors (Lipinski definition) is 0. The Hall–Kier alpha value is -1.52. The minimum absolute atomic E-state index is 0.138. The lowest BCUT2D eigenvalue weighted by molar-refractivity contribution is -0.123. The average Bonchev–Trinajstić information content (AvgIpc) is 3.37. The van der Waals surface area contributed by atoms with Gasteiger partial charge >= 0.3 is 0 Å². The molecule has 2 aromatic carbocycles. The number of thioether (sulfide) groups is 1. The Labute approximate surface area is 192 Å². The summed E-state index contributed by atoms with van der Waals surface area (Å²) in [6.45, 7) is 0. The van der Waals surface area contributed by atoms with Gasteiger partial charge in [0.05, 0.1) is 22.0 Å². The topological polar surface area (TPSA) is 59.0 Å². The van der Waals surface area contributed by atoms with Crippen LogP contribution in [0, 0.1) is 0 Å². The Bertz CT molecular complexity index is 1160. The lowest BCUT2D eigenvalue weighted by atomic mass is 9.94. The number of amides is 1. The third-order valence-corrected chi connectivity index (χ3v) is 8.75. The molecule has 146 valence electrons. The van der Waals surface area contributed by atoms with Crippen LogP contribution in [0.1, 0.15) is 16.6 Å². The Morgan fingerprint density at radius 1 is 1.10 bits per heavy atom. The fraction of sp³-hybridized carbons (Fsp3) is 0.158. The molecule has 4 aromatic rings. The van der Waals surface area contributed by atoms with Crippen molar-refractivity contribution in [2.45, 2.75) is 21.5 Å². The van der Waals surface area contributed by atoms with Crippen molar-refractivity contribution in [1.82, 2.24) is 15.2 Å². The van der Waals surface area contributed by atoms with Gasteiger partial charge in [-0.2, -0.15) is 0 Å². The summed E-state index contributed by atoms with van der Waals surface area (Å²) in [5.74, 6) is 0.522. The number of fused-ring (bicyclic) bond motifs is 1. The Morgan fingerprint density at radius 3 is 2.69 bits per heavy atom. The molecule has 0 saturated carbocycles. The normalized spacial score (nSPS) is 19.0. The third kappa shape index (κ3) is 3.70. The fourth-order valence-electron chi connectivity index (χ4n) is 3.08. The average molecular weight is 524 g/mol. The lowest BCUT2D eigenvalue weighted by Crippen LogP contribution is -2.56. The van der Waals surface area contributed by atoms with Crippen LogP contribution in [0.25, 0.3) is 10.2 Å². The molecule has 2 atom stereocenters. The van der Waals surface area contributed by atoms with Crippen LogP contribution in [-0.4, -0.2) is 26.5 Å². The first kappa shape index (κ1) is 19.4. The van der Waals surface area contributed by atoms with Gasteiger partial charge in [0, 0.05) is 4.47 Å². The van der Waals surface area contributed by atoms with E-state index in [1.165, 1.54) is 16.0 Å². The number of hydrogen-bond acceptors (Lipinski definition) is 7. The highest BCUT2D eigenvalue weighted by Crippen LogP contribution is 2.43. The summed E-state index contributed by atoms with van der Waals surface area (Å²) in [4.78, 5) is 18.7. The van der Waals surface area contributed by atoms with Crippen LogP contribution in [0.15, 0.2) is 57.3 Å². The van der Waals surface area contributed by atoms with Crippen molar-refractivity contribution < 1.29 is 4.79 Å². The summed E-state index contributed by atoms with van der Waals surface area (Å²) < 4.78 is 3.15. The van der Waals surface area contributed by atoms with Crippen molar-refractivity contribution >= 4 is 83.2 Å². The van der Waals surface area contributed by atoms with E-state index in [2.05, 4.69) is 37.2 Å². The lowest BCUT2D eigenvalue weighted by Gasteiger charge is -2.42. The van der Waals surface area contributed by atoms with E-state index in [1.54, 1.807) is 28.0 Å². The monoisotopic (exact) mass is 522 g/mol. The summed E-state index contributed by atoms with van der Waals surface area (Å²) in [6, 6.07) is 15.7. The SMILES string of the molecule is O=C1C(Cl)C(c2ccc(Br)cc2)N1c1nnc(CSc2nc3ccccc3s2)s1. The Morgan fingerprint density at radius 2 is 1.90 bits per heavy atom. The zero-order valence-corrected chi connectivity index (χ0v) is 19.4. The quantitative estimate of drug-likeness (QED) is 0.185. The second kappa shape index (κ2) is 7.96. The minimum atomic E-state index is -0.583. The van der Waals surface area contributed by atoms with Gasteiger partial charge in [-0.15, -0.1) is 33.1 Å². The number of halogens is 2. The van der Waals surface area contributed by atoms with E-state index in [0.29, 0.717) is 10.9 Å². The van der Waals surface area contributed by atoms with Gasteiger partial charge in [0.15, 0.2) is 4.34 Å². The molecule has 1 fully saturated rings. The summed E-state index contributed by atoms with van der Waals surface area (Å²) in [7, 11) is 0. The molecule has 5 rings (SSSR count). The summed E-state index contributed by atoms with van der Waals surface area (Å²) >= 11 is 14.5. The van der Waals surface area contributed by atoms with Gasteiger partial charge in [-0.1, -0.05) is 63.3 Å². The summed E-state index contributed by atoms with van der Waals surface area (Å²) in [5.41, 5.74) is 1.99. The summed E-state index contributed by atoms with van der Waals surface area (Å²) in [6.07, 6.45) is 0. The van der Waals surface area contributed by atoms with Gasteiger partial charge in [0.25, 0.3) is 0 Å². The van der Waals surface area contributed by atoms with Crippen LogP contribution in [-0.2, 0) is 10.5 Å². The number of β-lactam (4-membered cyclic amide) rings is 1. The first-order chi connectivity index (χ1) is 14.1. The molecule has 0 bridgehead atoms. The smallest absolute Gasteiger partial charge is 0.250 e. The van der Waals surface area contributed by atoms with Gasteiger partial charge in [-0.25, -0.2) is 4.98 Å². The van der Waals surface area contributed by atoms with Gasteiger partial charge in [0.2, 0.25) is 11.0 Å². The van der Waals surface area contributed by atoms with Crippen LogP contribution < -0.4 is 4.90 Å². The van der Waals surface area contributed by atoms with Gasteiger partial charge in [0.1, 0.15) is 10.4 Å². The first-order valence-corrected chi connectivity index (χ1v) is 12.5. The largest absolute Gasteiger partial charge is 0.276 e. The highest BCUT2D eigenvalue weighted by molar-refractivity contribution is 9.10. The number of aromatic nitrogens is 3. The number of alkyl halides is 1. The predicted octanol–water partition coefficient (Wildman–Crippen LogP) is 5.90. The van der Waals surface area contributed by atoms with Crippen molar-refractivity contribution in [1.29, 1.82) is 0 Å². The van der Waals surface area contributed by atoms with Crippen LogP contribution in [0.5, 0.6) is 0 Å². The molecule has 10 heteroatoms. The second-order valence-corrected chi connectivity index (χ2v) is 11.0. The van der Waals surface area contributed by atoms with Crippen molar-refractivity contribution in [3.63, 3.8) is 0 Å². The van der Waals surface area contributed by atoms with Crippen molar-refractivity contribution in [2.75, 3.05) is 4.90 Å². The molecule has 5 nitrogen and oxygen atoms in total. The number of nitrogens with zero attached hydrogens (tertiary/aromatic N) is 4. The maximum absolute atomic E-state index is 12.4.